The van der Waals surface area contributed by atoms with Gasteiger partial charge in [-0.3, -0.25) is 0 Å². The van der Waals surface area contributed by atoms with Gasteiger partial charge in [0.1, 0.15) is 5.84 Å². The fourth-order valence-corrected chi connectivity index (χ4v) is 1.55. The van der Waals surface area contributed by atoms with E-state index in [9.17, 15) is 4.79 Å². The van der Waals surface area contributed by atoms with Crippen molar-refractivity contribution in [3.63, 3.8) is 0 Å². The average Bonchev–Trinajstić information content (AvgIpc) is 2.39. The number of nitrogens with one attached hydrogen (secondary N) is 2. The Kier molecular flexibility index (Phi) is 5.72. The van der Waals surface area contributed by atoms with E-state index in [1.165, 1.54) is 6.07 Å². The first-order valence-corrected chi connectivity index (χ1v) is 6.17. The summed E-state index contributed by atoms with van der Waals surface area (Å²) < 4.78 is 0. The fourth-order valence-electron chi connectivity index (χ4n) is 1.21. The first-order valence-electron chi connectivity index (χ1n) is 5.41. The number of carbonyl (C=O) groups excluding carboxylic acids is 1. The lowest BCUT2D eigenvalue weighted by Gasteiger charge is -2.12. The van der Waals surface area contributed by atoms with Crippen LogP contribution >= 0.6 is 23.2 Å². The molecule has 19 heavy (non-hydrogen) atoms. The van der Waals surface area contributed by atoms with Gasteiger partial charge in [0.15, 0.2) is 0 Å². The monoisotopic (exact) mass is 304 g/mol. The quantitative estimate of drug-likeness (QED) is 0.297. The van der Waals surface area contributed by atoms with E-state index in [2.05, 4.69) is 15.8 Å². The maximum atomic E-state index is 11.6. The van der Waals surface area contributed by atoms with Gasteiger partial charge in [0, 0.05) is 17.5 Å². The highest BCUT2D eigenvalue weighted by Gasteiger charge is 2.10. The molecule has 2 amide bonds. The van der Waals surface area contributed by atoms with Crippen molar-refractivity contribution >= 4 is 40.8 Å². The van der Waals surface area contributed by atoms with Gasteiger partial charge in [-0.15, -0.1) is 0 Å². The van der Waals surface area contributed by atoms with Gasteiger partial charge >= 0.3 is 6.03 Å². The van der Waals surface area contributed by atoms with E-state index in [0.29, 0.717) is 15.7 Å². The molecular weight excluding hydrogens is 291 g/mol. The van der Waals surface area contributed by atoms with Crippen molar-refractivity contribution in [2.24, 2.45) is 16.8 Å². The zero-order chi connectivity index (χ0) is 14.4. The molecule has 0 saturated heterocycles. The molecule has 0 fully saturated rings. The molecule has 0 radical (unpaired) electrons. The van der Waals surface area contributed by atoms with Gasteiger partial charge in [-0.05, 0) is 18.2 Å². The van der Waals surface area contributed by atoms with E-state index in [-0.39, 0.29) is 18.3 Å². The normalized spacial score (nSPS) is 12.9. The number of oxime groups is 1. The van der Waals surface area contributed by atoms with Gasteiger partial charge in [-0.2, -0.15) is 0 Å². The van der Waals surface area contributed by atoms with Crippen molar-refractivity contribution in [3.8, 4) is 0 Å². The van der Waals surface area contributed by atoms with Crippen molar-refractivity contribution in [1.82, 2.24) is 5.32 Å². The number of hydrogen-bond acceptors (Lipinski definition) is 3. The van der Waals surface area contributed by atoms with E-state index in [1.54, 1.807) is 19.1 Å². The average molecular weight is 305 g/mol. The summed E-state index contributed by atoms with van der Waals surface area (Å²) in [4.78, 5) is 11.6. The molecule has 0 saturated carbocycles. The van der Waals surface area contributed by atoms with Crippen molar-refractivity contribution < 1.29 is 10.0 Å². The predicted molar refractivity (Wildman–Crippen MR) is 76.1 cm³/mol. The minimum atomic E-state index is -0.457. The third kappa shape index (κ3) is 4.84. The molecular formula is C11H14Cl2N4O2. The second kappa shape index (κ2) is 7.06. The summed E-state index contributed by atoms with van der Waals surface area (Å²) in [6.07, 6.45) is 0. The Hall–Kier alpha value is -1.66. The first-order chi connectivity index (χ1) is 8.93. The lowest BCUT2D eigenvalue weighted by molar-refractivity contribution is 0.251. The third-order valence-corrected chi connectivity index (χ3v) is 2.93. The number of benzene rings is 1. The van der Waals surface area contributed by atoms with E-state index in [0.717, 1.165) is 0 Å². The van der Waals surface area contributed by atoms with Crippen molar-refractivity contribution in [2.75, 3.05) is 11.9 Å². The van der Waals surface area contributed by atoms with Crippen LogP contribution < -0.4 is 16.4 Å². The minimum absolute atomic E-state index is 0.0427. The van der Waals surface area contributed by atoms with Crippen molar-refractivity contribution in [1.29, 1.82) is 0 Å². The molecule has 0 aliphatic carbocycles. The Morgan fingerprint density at radius 3 is 2.84 bits per heavy atom. The lowest BCUT2D eigenvalue weighted by Crippen LogP contribution is -2.37. The van der Waals surface area contributed by atoms with Crippen LogP contribution in [0.2, 0.25) is 10.0 Å². The molecule has 1 aromatic rings. The summed E-state index contributed by atoms with van der Waals surface area (Å²) in [5.74, 6) is -0.244. The van der Waals surface area contributed by atoms with Gasteiger partial charge < -0.3 is 21.6 Å². The third-order valence-electron chi connectivity index (χ3n) is 2.37. The zero-order valence-electron chi connectivity index (χ0n) is 10.2. The van der Waals surface area contributed by atoms with Crippen molar-refractivity contribution in [3.05, 3.63) is 28.2 Å². The Labute approximate surface area is 120 Å². The van der Waals surface area contributed by atoms with Crippen LogP contribution in [0.4, 0.5) is 10.5 Å². The number of hydrogen-bond donors (Lipinski definition) is 4. The number of carbonyl (C=O) groups is 1. The number of nitrogens with two attached hydrogens (primary N) is 1. The summed E-state index contributed by atoms with van der Waals surface area (Å²) in [6, 6.07) is 4.28. The molecule has 1 rings (SSSR count). The van der Waals surface area contributed by atoms with Crippen LogP contribution in [0.1, 0.15) is 6.92 Å². The van der Waals surface area contributed by atoms with Gasteiger partial charge in [0.05, 0.1) is 10.7 Å². The maximum absolute atomic E-state index is 11.6. The Bertz CT molecular complexity index is 494. The highest BCUT2D eigenvalue weighted by molar-refractivity contribution is 6.35. The molecule has 1 aromatic carbocycles. The van der Waals surface area contributed by atoms with E-state index in [4.69, 9.17) is 34.1 Å². The number of amides is 2. The molecule has 0 aromatic heterocycles. The molecule has 0 bridgehead atoms. The largest absolute Gasteiger partial charge is 0.409 e. The fraction of sp³-hybridized carbons (Fsp3) is 0.273. The van der Waals surface area contributed by atoms with Crippen LogP contribution in [0, 0.1) is 5.92 Å². The number of urea groups is 1. The molecule has 0 aliphatic heterocycles. The molecule has 0 spiro atoms. The summed E-state index contributed by atoms with van der Waals surface area (Å²) >= 11 is 11.7. The standard InChI is InChI=1S/C11H14Cl2N4O2/c1-6(10(14)17-19)5-15-11(18)16-9-4-7(12)2-3-8(9)13/h2-4,6,19H,5H2,1H3,(H2,14,17)(H2,15,16,18). The molecule has 5 N–H and O–H groups in total. The number of nitrogens with zero attached hydrogens (tertiary/aromatic N) is 1. The predicted octanol–water partition coefficient (Wildman–Crippen LogP) is 2.50. The van der Waals surface area contributed by atoms with E-state index < -0.39 is 6.03 Å². The smallest absolute Gasteiger partial charge is 0.319 e. The maximum Gasteiger partial charge on any atom is 0.319 e. The summed E-state index contributed by atoms with van der Waals surface area (Å²) in [7, 11) is 0. The van der Waals surface area contributed by atoms with Gasteiger partial charge in [0.2, 0.25) is 0 Å². The molecule has 0 heterocycles. The van der Waals surface area contributed by atoms with Crippen LogP contribution in [-0.2, 0) is 0 Å². The van der Waals surface area contributed by atoms with Gasteiger partial charge in [-0.25, -0.2) is 4.79 Å². The number of rotatable bonds is 4. The van der Waals surface area contributed by atoms with Crippen LogP contribution in [0.3, 0.4) is 0 Å². The van der Waals surface area contributed by atoms with Crippen LogP contribution in [0.5, 0.6) is 0 Å². The molecule has 1 unspecified atom stereocenters. The Morgan fingerprint density at radius 2 is 2.21 bits per heavy atom. The van der Waals surface area contributed by atoms with E-state index >= 15 is 0 Å². The van der Waals surface area contributed by atoms with Gasteiger partial charge in [-0.1, -0.05) is 35.3 Å². The zero-order valence-corrected chi connectivity index (χ0v) is 11.7. The highest BCUT2D eigenvalue weighted by Crippen LogP contribution is 2.25. The molecule has 6 nitrogen and oxygen atoms in total. The van der Waals surface area contributed by atoms with Gasteiger partial charge in [0.25, 0.3) is 0 Å². The minimum Gasteiger partial charge on any atom is -0.409 e. The highest BCUT2D eigenvalue weighted by atomic mass is 35.5. The first kappa shape index (κ1) is 15.4. The topological polar surface area (TPSA) is 99.7 Å². The SMILES string of the molecule is CC(CNC(=O)Nc1cc(Cl)ccc1Cl)C(N)=NO. The van der Waals surface area contributed by atoms with Crippen LogP contribution in [0.25, 0.3) is 0 Å². The molecule has 8 heteroatoms. The molecule has 1 atom stereocenters. The number of halogens is 2. The molecule has 0 aliphatic rings. The number of anilines is 1. The Balaban J connectivity index is 2.54. The van der Waals surface area contributed by atoms with Crippen LogP contribution in [0.15, 0.2) is 23.4 Å². The van der Waals surface area contributed by atoms with E-state index in [1.807, 2.05) is 0 Å². The molecule has 104 valence electrons. The second-order valence-electron chi connectivity index (χ2n) is 3.89. The summed E-state index contributed by atoms with van der Waals surface area (Å²) in [6.45, 7) is 1.93. The number of amidine groups is 1. The van der Waals surface area contributed by atoms with Crippen LogP contribution in [-0.4, -0.2) is 23.6 Å². The summed E-state index contributed by atoms with van der Waals surface area (Å²) in [5.41, 5.74) is 5.79. The lowest BCUT2D eigenvalue weighted by atomic mass is 10.1. The van der Waals surface area contributed by atoms with Crippen molar-refractivity contribution in [2.45, 2.75) is 6.92 Å². The second-order valence-corrected chi connectivity index (χ2v) is 4.73. The Morgan fingerprint density at radius 1 is 1.53 bits per heavy atom. The summed E-state index contributed by atoms with van der Waals surface area (Å²) in [5, 5.41) is 17.3.